The molecule has 1 aliphatic heterocycles. The number of aromatic nitrogens is 3. The predicted octanol–water partition coefficient (Wildman–Crippen LogP) is 7.84. The molecular weight excluding hydrogens is 719 g/mol. The SMILES string of the molecule is C.Cc1c(-c2ccc(N3CCc4cccc(C(=O)Nc5nc6ccccc6s5)c4C3)nc2C(=O)NS(C)(=O)=O)cc(C#N)n1CC12CCCC(CCC1)C2. The largest absolute Gasteiger partial charge is 0.352 e. The maximum Gasteiger partial charge on any atom is 0.284 e. The number of benzene rings is 2. The molecule has 2 bridgehead atoms. The molecule has 2 aromatic carbocycles. The number of para-hydroxylation sites is 1. The van der Waals surface area contributed by atoms with Crippen LogP contribution < -0.4 is 14.9 Å². The summed E-state index contributed by atoms with van der Waals surface area (Å²) in [6.07, 6.45) is 10.0. The first-order valence-electron chi connectivity index (χ1n) is 18.2. The second kappa shape index (κ2) is 14.6. The van der Waals surface area contributed by atoms with Gasteiger partial charge in [0.25, 0.3) is 11.8 Å². The first-order valence-corrected chi connectivity index (χ1v) is 20.9. The highest BCUT2D eigenvalue weighted by atomic mass is 32.2. The van der Waals surface area contributed by atoms with Crippen LogP contribution in [0.4, 0.5) is 10.9 Å². The second-order valence-electron chi connectivity index (χ2n) is 14.9. The summed E-state index contributed by atoms with van der Waals surface area (Å²) in [6.45, 7) is 3.64. The van der Waals surface area contributed by atoms with Crippen LogP contribution in [0, 0.1) is 29.6 Å². The minimum atomic E-state index is -3.90. The van der Waals surface area contributed by atoms with E-state index in [2.05, 4.69) is 25.7 Å². The van der Waals surface area contributed by atoms with E-state index in [1.54, 1.807) is 18.2 Å². The molecule has 3 aromatic heterocycles. The van der Waals surface area contributed by atoms with Crippen LogP contribution in [0.15, 0.2) is 60.7 Å². The van der Waals surface area contributed by atoms with Crippen LogP contribution in [0.2, 0.25) is 0 Å². The van der Waals surface area contributed by atoms with E-state index in [0.29, 0.717) is 52.8 Å². The van der Waals surface area contributed by atoms with Crippen LogP contribution in [-0.4, -0.2) is 47.6 Å². The molecule has 0 atom stereocenters. The molecule has 3 aliphatic rings. The van der Waals surface area contributed by atoms with Crippen molar-refractivity contribution in [3.05, 3.63) is 94.4 Å². The predicted molar refractivity (Wildman–Crippen MR) is 213 cm³/mol. The van der Waals surface area contributed by atoms with Gasteiger partial charge in [-0.25, -0.2) is 23.1 Å². The molecule has 0 saturated heterocycles. The van der Waals surface area contributed by atoms with E-state index in [1.165, 1.54) is 43.4 Å². The quantitative estimate of drug-likeness (QED) is 0.162. The summed E-state index contributed by atoms with van der Waals surface area (Å²) in [6, 6.07) is 21.2. The normalized spacial score (nSPS) is 19.4. The molecule has 0 radical (unpaired) electrons. The molecule has 0 spiro atoms. The van der Waals surface area contributed by atoms with Crippen molar-refractivity contribution in [3.8, 4) is 17.2 Å². The standard InChI is InChI=1S/C40H41N7O4S2.CH4/c1-25-31(20-28(22-41)47(25)24-40-17-6-8-26(21-40)9-7-18-40)29-14-15-35(43-36(29)38(49)45-53(2,50)51)46-19-16-27-10-5-11-30(32(27)23-46)37(48)44-39-42-33-12-3-4-13-34(33)52-39;/h3-5,10-15,20,26H,6-9,16-19,21,23-24H2,1-2H3,(H,45,49)(H,42,44,48);1H4. The van der Waals surface area contributed by atoms with Gasteiger partial charge in [0, 0.05) is 42.0 Å². The van der Waals surface area contributed by atoms with Crippen molar-refractivity contribution < 1.29 is 18.0 Å². The lowest BCUT2D eigenvalue weighted by Crippen LogP contribution is -2.37. The lowest BCUT2D eigenvalue weighted by atomic mass is 9.62. The summed E-state index contributed by atoms with van der Waals surface area (Å²) in [5.74, 6) is 0.118. The van der Waals surface area contributed by atoms with Crippen LogP contribution in [0.5, 0.6) is 0 Å². The maximum atomic E-state index is 13.7. The van der Waals surface area contributed by atoms with Gasteiger partial charge in [-0.2, -0.15) is 5.26 Å². The number of nitrogens with zero attached hydrogens (tertiary/aromatic N) is 5. The Balaban J connectivity index is 0.00000450. The number of fused-ring (bicyclic) bond motifs is 4. The van der Waals surface area contributed by atoms with Crippen LogP contribution in [-0.2, 0) is 29.5 Å². The fourth-order valence-electron chi connectivity index (χ4n) is 8.91. The van der Waals surface area contributed by atoms with Gasteiger partial charge in [0.15, 0.2) is 5.13 Å². The topological polar surface area (TPSA) is 150 Å². The highest BCUT2D eigenvalue weighted by Gasteiger charge is 2.40. The van der Waals surface area contributed by atoms with E-state index in [-0.39, 0.29) is 24.4 Å². The molecular formula is C41H45N7O4S2. The zero-order chi connectivity index (χ0) is 36.9. The number of amides is 2. The number of carbonyl (C=O) groups excluding carboxylic acids is 2. The number of carbonyl (C=O) groups is 2. The first kappa shape index (κ1) is 37.3. The van der Waals surface area contributed by atoms with Gasteiger partial charge in [-0.15, -0.1) is 0 Å². The Bertz CT molecular complexity index is 2380. The van der Waals surface area contributed by atoms with E-state index in [0.717, 1.165) is 58.6 Å². The number of sulfonamides is 1. The average Bonchev–Trinajstić information content (AvgIpc) is 3.69. The number of hydrogen-bond donors (Lipinski definition) is 2. The number of hydrogen-bond acceptors (Lipinski definition) is 9. The summed E-state index contributed by atoms with van der Waals surface area (Å²) in [5.41, 5.74) is 5.86. The fourth-order valence-corrected chi connectivity index (χ4v) is 10.2. The molecule has 2 aliphatic carbocycles. The van der Waals surface area contributed by atoms with Gasteiger partial charge in [-0.05, 0) is 91.5 Å². The lowest BCUT2D eigenvalue weighted by molar-refractivity contribution is 0.0589. The van der Waals surface area contributed by atoms with E-state index in [4.69, 9.17) is 4.98 Å². The van der Waals surface area contributed by atoms with Crippen LogP contribution in [0.25, 0.3) is 21.3 Å². The fraction of sp³-hybridized carbons (Fsp3) is 0.390. The van der Waals surface area contributed by atoms with Crippen molar-refractivity contribution >= 4 is 54.3 Å². The van der Waals surface area contributed by atoms with Gasteiger partial charge in [0.05, 0.1) is 16.5 Å². The molecule has 2 fully saturated rings. The van der Waals surface area contributed by atoms with Gasteiger partial charge < -0.3 is 9.47 Å². The third-order valence-corrected chi connectivity index (χ3v) is 12.9. The van der Waals surface area contributed by atoms with Crippen molar-refractivity contribution in [1.82, 2.24) is 19.3 Å². The molecule has 0 unspecified atom stereocenters. The van der Waals surface area contributed by atoms with Crippen molar-refractivity contribution in [1.29, 1.82) is 5.26 Å². The van der Waals surface area contributed by atoms with Gasteiger partial charge in [0.1, 0.15) is 23.3 Å². The van der Waals surface area contributed by atoms with Gasteiger partial charge in [-0.3, -0.25) is 14.9 Å². The molecule has 2 saturated carbocycles. The summed E-state index contributed by atoms with van der Waals surface area (Å²) >= 11 is 1.42. The zero-order valence-corrected chi connectivity index (χ0v) is 31.4. The third kappa shape index (κ3) is 7.24. The number of anilines is 2. The van der Waals surface area contributed by atoms with E-state index >= 15 is 0 Å². The molecule has 54 heavy (non-hydrogen) atoms. The molecule has 5 aromatic rings. The minimum absolute atomic E-state index is 0. The van der Waals surface area contributed by atoms with Crippen molar-refractivity contribution in [3.63, 3.8) is 0 Å². The maximum absolute atomic E-state index is 13.7. The Morgan fingerprint density at radius 3 is 2.54 bits per heavy atom. The van der Waals surface area contributed by atoms with Gasteiger partial charge in [-0.1, -0.05) is 68.7 Å². The summed E-state index contributed by atoms with van der Waals surface area (Å²) < 4.78 is 29.8. The van der Waals surface area contributed by atoms with E-state index in [1.807, 2.05) is 54.3 Å². The smallest absolute Gasteiger partial charge is 0.284 e. The van der Waals surface area contributed by atoms with Crippen LogP contribution >= 0.6 is 11.3 Å². The molecule has 2 N–H and O–H groups in total. The monoisotopic (exact) mass is 763 g/mol. The number of nitriles is 1. The highest BCUT2D eigenvalue weighted by Crippen LogP contribution is 2.50. The number of rotatable bonds is 8. The molecule has 11 nitrogen and oxygen atoms in total. The summed E-state index contributed by atoms with van der Waals surface area (Å²) in [5, 5.41) is 13.8. The molecule has 13 heteroatoms. The first-order chi connectivity index (χ1) is 25.5. The van der Waals surface area contributed by atoms with Crippen molar-refractivity contribution in [2.45, 2.75) is 78.8 Å². The Kier molecular flexibility index (Phi) is 10.1. The molecule has 8 rings (SSSR count). The van der Waals surface area contributed by atoms with Gasteiger partial charge >= 0.3 is 0 Å². The Morgan fingerprint density at radius 1 is 1.02 bits per heavy atom. The van der Waals surface area contributed by atoms with Crippen molar-refractivity contribution in [2.24, 2.45) is 11.3 Å². The van der Waals surface area contributed by atoms with Gasteiger partial charge in [0.2, 0.25) is 10.0 Å². The third-order valence-electron chi connectivity index (χ3n) is 11.4. The minimum Gasteiger partial charge on any atom is -0.352 e. The van der Waals surface area contributed by atoms with Crippen LogP contribution in [0.1, 0.15) is 95.7 Å². The number of thiazole rings is 1. The molecule has 4 heterocycles. The van der Waals surface area contributed by atoms with Crippen LogP contribution in [0.3, 0.4) is 0 Å². The highest BCUT2D eigenvalue weighted by molar-refractivity contribution is 7.89. The molecule has 2 amide bonds. The Hall–Kier alpha value is -5.06. The Labute approximate surface area is 320 Å². The summed E-state index contributed by atoms with van der Waals surface area (Å²) in [4.78, 5) is 38.7. The lowest BCUT2D eigenvalue weighted by Gasteiger charge is -2.46. The number of nitrogens with one attached hydrogen (secondary N) is 2. The summed E-state index contributed by atoms with van der Waals surface area (Å²) in [7, 11) is -3.90. The second-order valence-corrected chi connectivity index (χ2v) is 17.7. The molecule has 280 valence electrons. The van der Waals surface area contributed by atoms with E-state index < -0.39 is 15.9 Å². The zero-order valence-electron chi connectivity index (χ0n) is 29.8. The van der Waals surface area contributed by atoms with E-state index in [9.17, 15) is 23.3 Å². The van der Waals surface area contributed by atoms with Crippen molar-refractivity contribution in [2.75, 3.05) is 23.0 Å². The average molecular weight is 764 g/mol. The Morgan fingerprint density at radius 2 is 1.80 bits per heavy atom. The number of pyridine rings is 1.